The van der Waals surface area contributed by atoms with E-state index < -0.39 is 0 Å². The predicted octanol–water partition coefficient (Wildman–Crippen LogP) is 2.97. The molecule has 0 fully saturated rings. The lowest BCUT2D eigenvalue weighted by atomic mass is 10.2. The molecular formula is C13H17BrFNO2. The van der Waals surface area contributed by atoms with E-state index in [0.717, 1.165) is 11.0 Å². The molecule has 0 aliphatic carbocycles. The van der Waals surface area contributed by atoms with Crippen LogP contribution in [0.15, 0.2) is 22.7 Å². The highest BCUT2D eigenvalue weighted by Crippen LogP contribution is 2.16. The van der Waals surface area contributed by atoms with E-state index in [2.05, 4.69) is 20.7 Å². The summed E-state index contributed by atoms with van der Waals surface area (Å²) >= 11 is 3.22. The molecule has 0 aliphatic rings. The van der Waals surface area contributed by atoms with Crippen LogP contribution in [0.2, 0.25) is 0 Å². The molecule has 0 radical (unpaired) electrons. The molecule has 0 saturated heterocycles. The normalized spacial score (nSPS) is 10.7. The molecule has 0 aliphatic heterocycles. The third kappa shape index (κ3) is 4.74. The molecule has 3 nitrogen and oxygen atoms in total. The first kappa shape index (κ1) is 15.1. The van der Waals surface area contributed by atoms with Gasteiger partial charge in [-0.3, -0.25) is 9.69 Å². The molecule has 0 spiro atoms. The van der Waals surface area contributed by atoms with Gasteiger partial charge in [-0.1, -0.05) is 28.9 Å². The summed E-state index contributed by atoms with van der Waals surface area (Å²) in [6, 6.07) is 5.01. The number of carbonyl (C=O) groups excluding carboxylic acids is 1. The third-order valence-electron chi connectivity index (χ3n) is 2.72. The predicted molar refractivity (Wildman–Crippen MR) is 71.7 cm³/mol. The minimum Gasteiger partial charge on any atom is -0.469 e. The first-order valence-electron chi connectivity index (χ1n) is 5.80. The van der Waals surface area contributed by atoms with Crippen molar-refractivity contribution in [2.45, 2.75) is 19.9 Å². The number of methoxy groups -OCH3 is 1. The van der Waals surface area contributed by atoms with Crippen molar-refractivity contribution < 1.29 is 13.9 Å². The van der Waals surface area contributed by atoms with Crippen LogP contribution in [-0.2, 0) is 16.1 Å². The molecule has 0 saturated carbocycles. The van der Waals surface area contributed by atoms with Crippen molar-refractivity contribution in [3.8, 4) is 0 Å². The van der Waals surface area contributed by atoms with Crippen molar-refractivity contribution in [1.82, 2.24) is 4.90 Å². The summed E-state index contributed by atoms with van der Waals surface area (Å²) in [5.41, 5.74) is 0.630. The zero-order chi connectivity index (χ0) is 13.5. The van der Waals surface area contributed by atoms with E-state index in [1.165, 1.54) is 13.2 Å². The van der Waals surface area contributed by atoms with Gasteiger partial charge in [0.1, 0.15) is 5.82 Å². The molecule has 1 aromatic carbocycles. The molecule has 0 atom stereocenters. The second-order valence-corrected chi connectivity index (χ2v) is 4.85. The van der Waals surface area contributed by atoms with Gasteiger partial charge < -0.3 is 4.74 Å². The fourth-order valence-electron chi connectivity index (χ4n) is 1.59. The van der Waals surface area contributed by atoms with Crippen molar-refractivity contribution in [1.29, 1.82) is 0 Å². The van der Waals surface area contributed by atoms with E-state index in [1.54, 1.807) is 6.07 Å². The smallest absolute Gasteiger partial charge is 0.306 e. The maximum Gasteiger partial charge on any atom is 0.306 e. The number of carbonyl (C=O) groups is 1. The Morgan fingerprint density at radius 1 is 1.50 bits per heavy atom. The minimum absolute atomic E-state index is 0.235. The second kappa shape index (κ2) is 7.48. The maximum atomic E-state index is 13.7. The van der Waals surface area contributed by atoms with Crippen LogP contribution in [0.25, 0.3) is 0 Å². The molecule has 0 bridgehead atoms. The molecule has 0 aromatic heterocycles. The highest BCUT2D eigenvalue weighted by molar-refractivity contribution is 9.10. The molecule has 0 unspecified atom stereocenters. The average molecular weight is 318 g/mol. The molecule has 100 valence electrons. The van der Waals surface area contributed by atoms with Gasteiger partial charge in [-0.15, -0.1) is 0 Å². The summed E-state index contributed by atoms with van der Waals surface area (Å²) in [5, 5.41) is 0. The number of benzene rings is 1. The Labute approximate surface area is 115 Å². The van der Waals surface area contributed by atoms with Crippen LogP contribution in [-0.4, -0.2) is 31.1 Å². The Morgan fingerprint density at radius 3 is 2.78 bits per heavy atom. The molecule has 1 aromatic rings. The van der Waals surface area contributed by atoms with Gasteiger partial charge in [0.15, 0.2) is 0 Å². The van der Waals surface area contributed by atoms with Gasteiger partial charge in [0.2, 0.25) is 0 Å². The first-order valence-corrected chi connectivity index (χ1v) is 6.59. The molecular weight excluding hydrogens is 301 g/mol. The standard InChI is InChI=1S/C13H17BrFNO2/c1-3-16(7-6-13(17)18-2)9-10-4-5-11(14)8-12(10)15/h4-5,8H,3,6-7,9H2,1-2H3. The summed E-state index contributed by atoms with van der Waals surface area (Å²) in [5.74, 6) is -0.481. The molecule has 18 heavy (non-hydrogen) atoms. The first-order chi connectivity index (χ1) is 8.56. The van der Waals surface area contributed by atoms with Crippen LogP contribution in [0.3, 0.4) is 0 Å². The highest BCUT2D eigenvalue weighted by Gasteiger charge is 2.10. The summed E-state index contributed by atoms with van der Waals surface area (Å²) in [6.07, 6.45) is 0.322. The van der Waals surface area contributed by atoms with Crippen molar-refractivity contribution in [3.05, 3.63) is 34.1 Å². The molecule has 1 rings (SSSR count). The maximum absolute atomic E-state index is 13.7. The van der Waals surface area contributed by atoms with E-state index in [0.29, 0.717) is 25.1 Å². The van der Waals surface area contributed by atoms with E-state index in [-0.39, 0.29) is 11.8 Å². The lowest BCUT2D eigenvalue weighted by Gasteiger charge is -2.20. The Bertz CT molecular complexity index is 412. The molecule has 5 heteroatoms. The van der Waals surface area contributed by atoms with Gasteiger partial charge in [-0.25, -0.2) is 4.39 Å². The Balaban J connectivity index is 2.59. The zero-order valence-corrected chi connectivity index (χ0v) is 12.2. The monoisotopic (exact) mass is 317 g/mol. The van der Waals surface area contributed by atoms with Gasteiger partial charge >= 0.3 is 5.97 Å². The Kier molecular flexibility index (Phi) is 6.29. The van der Waals surface area contributed by atoms with Crippen molar-refractivity contribution in [2.24, 2.45) is 0 Å². The molecule has 0 heterocycles. The Morgan fingerprint density at radius 2 is 2.22 bits per heavy atom. The number of esters is 1. The van der Waals surface area contributed by atoms with Crippen molar-refractivity contribution in [2.75, 3.05) is 20.2 Å². The molecule has 0 N–H and O–H groups in total. The van der Waals surface area contributed by atoms with E-state index in [1.807, 2.05) is 17.9 Å². The van der Waals surface area contributed by atoms with Crippen LogP contribution in [0.4, 0.5) is 4.39 Å². The lowest BCUT2D eigenvalue weighted by Crippen LogP contribution is -2.26. The summed E-state index contributed by atoms with van der Waals surface area (Å²) in [7, 11) is 1.37. The molecule has 0 amide bonds. The van der Waals surface area contributed by atoms with E-state index in [9.17, 15) is 9.18 Å². The lowest BCUT2D eigenvalue weighted by molar-refractivity contribution is -0.141. The van der Waals surface area contributed by atoms with Gasteiger partial charge in [0, 0.05) is 23.1 Å². The van der Waals surface area contributed by atoms with Gasteiger partial charge in [0.25, 0.3) is 0 Å². The average Bonchev–Trinajstić information content (AvgIpc) is 2.36. The number of rotatable bonds is 6. The number of hydrogen-bond donors (Lipinski definition) is 0. The SMILES string of the molecule is CCN(CCC(=O)OC)Cc1ccc(Br)cc1F. The van der Waals surface area contributed by atoms with Crippen molar-refractivity contribution >= 4 is 21.9 Å². The van der Waals surface area contributed by atoms with Gasteiger partial charge in [0.05, 0.1) is 13.5 Å². The largest absolute Gasteiger partial charge is 0.469 e. The number of nitrogens with zero attached hydrogens (tertiary/aromatic N) is 1. The van der Waals surface area contributed by atoms with E-state index >= 15 is 0 Å². The van der Waals surface area contributed by atoms with Crippen LogP contribution in [0.1, 0.15) is 18.9 Å². The van der Waals surface area contributed by atoms with Gasteiger partial charge in [-0.2, -0.15) is 0 Å². The third-order valence-corrected chi connectivity index (χ3v) is 3.21. The van der Waals surface area contributed by atoms with Crippen LogP contribution in [0, 0.1) is 5.82 Å². The van der Waals surface area contributed by atoms with Crippen molar-refractivity contribution in [3.63, 3.8) is 0 Å². The fourth-order valence-corrected chi connectivity index (χ4v) is 1.92. The zero-order valence-electron chi connectivity index (χ0n) is 10.6. The van der Waals surface area contributed by atoms with E-state index in [4.69, 9.17) is 0 Å². The number of hydrogen-bond acceptors (Lipinski definition) is 3. The minimum atomic E-state index is -0.246. The quantitative estimate of drug-likeness (QED) is 0.755. The van der Waals surface area contributed by atoms with Crippen LogP contribution >= 0.6 is 15.9 Å². The number of halogens is 2. The fraction of sp³-hybridized carbons (Fsp3) is 0.462. The summed E-state index contributed by atoms with van der Waals surface area (Å²) < 4.78 is 19.0. The Hall–Kier alpha value is -0.940. The summed E-state index contributed by atoms with van der Waals surface area (Å²) in [6.45, 7) is 3.80. The second-order valence-electron chi connectivity index (χ2n) is 3.93. The van der Waals surface area contributed by atoms with Crippen LogP contribution in [0.5, 0.6) is 0 Å². The van der Waals surface area contributed by atoms with Gasteiger partial charge in [-0.05, 0) is 18.7 Å². The summed E-state index contributed by atoms with van der Waals surface area (Å²) in [4.78, 5) is 13.1. The van der Waals surface area contributed by atoms with Crippen LogP contribution < -0.4 is 0 Å². The number of ether oxygens (including phenoxy) is 1. The topological polar surface area (TPSA) is 29.5 Å². The highest BCUT2D eigenvalue weighted by atomic mass is 79.9.